The van der Waals surface area contributed by atoms with Gasteiger partial charge in [-0.1, -0.05) is 42.5 Å². The topological polar surface area (TPSA) is 102 Å². The number of hydrogen-bond acceptors (Lipinski definition) is 5. The van der Waals surface area contributed by atoms with Crippen LogP contribution in [0.2, 0.25) is 0 Å². The lowest BCUT2D eigenvalue weighted by Gasteiger charge is -2.14. The highest BCUT2D eigenvalue weighted by atomic mass is 32.2. The van der Waals surface area contributed by atoms with E-state index < -0.39 is 33.8 Å². The first-order valence-corrected chi connectivity index (χ1v) is 11.6. The van der Waals surface area contributed by atoms with Gasteiger partial charge in [-0.3, -0.25) is 9.52 Å². The van der Waals surface area contributed by atoms with E-state index >= 15 is 0 Å². The van der Waals surface area contributed by atoms with Crippen LogP contribution in [0.1, 0.15) is 28.4 Å². The van der Waals surface area contributed by atoms with E-state index in [4.69, 9.17) is 4.74 Å². The number of esters is 1. The lowest BCUT2D eigenvalue weighted by atomic mass is 10.2. The van der Waals surface area contributed by atoms with Gasteiger partial charge in [0.2, 0.25) is 0 Å². The van der Waals surface area contributed by atoms with Crippen LogP contribution in [0.5, 0.6) is 0 Å². The van der Waals surface area contributed by atoms with Gasteiger partial charge in [-0.2, -0.15) is 0 Å². The zero-order valence-electron chi connectivity index (χ0n) is 18.0. The molecule has 0 aliphatic carbocycles. The second-order valence-electron chi connectivity index (χ2n) is 7.35. The molecule has 3 aromatic rings. The maximum atomic E-state index is 13.8. The molecule has 2 N–H and O–H groups in total. The van der Waals surface area contributed by atoms with Crippen molar-refractivity contribution in [2.24, 2.45) is 0 Å². The number of rotatable bonds is 8. The first-order valence-electron chi connectivity index (χ1n) is 10.1. The molecule has 0 bridgehead atoms. The zero-order chi connectivity index (χ0) is 24.0. The quantitative estimate of drug-likeness (QED) is 0.488. The third-order valence-electron chi connectivity index (χ3n) is 4.77. The lowest BCUT2D eigenvalue weighted by molar-refractivity contribution is -0.129. The molecule has 33 heavy (non-hydrogen) atoms. The summed E-state index contributed by atoms with van der Waals surface area (Å²) in [6.07, 6.45) is -1.06. The maximum absolute atomic E-state index is 13.8. The first kappa shape index (κ1) is 23.9. The van der Waals surface area contributed by atoms with E-state index in [-0.39, 0.29) is 16.1 Å². The van der Waals surface area contributed by atoms with Crippen molar-refractivity contribution >= 4 is 27.6 Å². The molecule has 0 saturated carbocycles. The summed E-state index contributed by atoms with van der Waals surface area (Å²) in [6, 6.07) is 18.5. The zero-order valence-corrected chi connectivity index (χ0v) is 18.9. The number of benzene rings is 3. The van der Waals surface area contributed by atoms with Crippen molar-refractivity contribution in [3.63, 3.8) is 0 Å². The number of ether oxygens (including phenoxy) is 1. The van der Waals surface area contributed by atoms with Crippen molar-refractivity contribution in [2.75, 3.05) is 4.72 Å². The molecule has 7 nitrogen and oxygen atoms in total. The summed E-state index contributed by atoms with van der Waals surface area (Å²) >= 11 is 0. The molecule has 0 aliphatic heterocycles. The van der Waals surface area contributed by atoms with E-state index in [1.807, 2.05) is 30.3 Å². The van der Waals surface area contributed by atoms with Gasteiger partial charge in [-0.05, 0) is 55.3 Å². The van der Waals surface area contributed by atoms with Crippen LogP contribution < -0.4 is 10.0 Å². The van der Waals surface area contributed by atoms with Gasteiger partial charge in [0.25, 0.3) is 15.9 Å². The average Bonchev–Trinajstić information content (AvgIpc) is 2.79. The normalized spacial score (nSPS) is 12.0. The molecule has 0 aliphatic rings. The predicted octanol–water partition coefficient (Wildman–Crippen LogP) is 3.80. The Balaban J connectivity index is 1.63. The summed E-state index contributed by atoms with van der Waals surface area (Å²) < 4.78 is 46.4. The molecule has 0 heterocycles. The van der Waals surface area contributed by atoms with Crippen LogP contribution in [0.25, 0.3) is 0 Å². The van der Waals surface area contributed by atoms with Crippen LogP contribution in [0.15, 0.2) is 77.7 Å². The van der Waals surface area contributed by atoms with E-state index in [0.29, 0.717) is 12.1 Å². The monoisotopic (exact) mass is 470 g/mol. The Bertz CT molecular complexity index is 1260. The molecule has 1 atom stereocenters. The van der Waals surface area contributed by atoms with Crippen LogP contribution in [-0.4, -0.2) is 26.4 Å². The van der Waals surface area contributed by atoms with Crippen LogP contribution in [0.3, 0.4) is 0 Å². The van der Waals surface area contributed by atoms with Gasteiger partial charge in [-0.25, -0.2) is 17.6 Å². The molecule has 0 radical (unpaired) electrons. The largest absolute Gasteiger partial charge is 0.449 e. The van der Waals surface area contributed by atoms with Gasteiger partial charge in [0.05, 0.1) is 10.5 Å². The average molecular weight is 471 g/mol. The molecule has 9 heteroatoms. The van der Waals surface area contributed by atoms with Crippen LogP contribution in [0, 0.1) is 12.7 Å². The van der Waals surface area contributed by atoms with Gasteiger partial charge in [0, 0.05) is 12.2 Å². The second kappa shape index (κ2) is 10.3. The molecule has 0 fully saturated rings. The highest BCUT2D eigenvalue weighted by molar-refractivity contribution is 7.92. The Morgan fingerprint density at radius 2 is 1.73 bits per heavy atom. The lowest BCUT2D eigenvalue weighted by Crippen LogP contribution is -2.35. The van der Waals surface area contributed by atoms with Crippen molar-refractivity contribution in [2.45, 2.75) is 31.4 Å². The van der Waals surface area contributed by atoms with Crippen molar-refractivity contribution in [1.29, 1.82) is 0 Å². The minimum absolute atomic E-state index is 0.0491. The molecule has 1 unspecified atom stereocenters. The van der Waals surface area contributed by atoms with Crippen molar-refractivity contribution in [1.82, 2.24) is 5.32 Å². The highest BCUT2D eigenvalue weighted by Crippen LogP contribution is 2.20. The van der Waals surface area contributed by atoms with E-state index in [1.54, 1.807) is 0 Å². The molecule has 0 aromatic heterocycles. The number of amides is 1. The number of sulfonamides is 1. The van der Waals surface area contributed by atoms with Crippen LogP contribution >= 0.6 is 0 Å². The fourth-order valence-electron chi connectivity index (χ4n) is 2.88. The third-order valence-corrected chi connectivity index (χ3v) is 6.15. The Morgan fingerprint density at radius 3 is 2.42 bits per heavy atom. The van der Waals surface area contributed by atoms with Gasteiger partial charge < -0.3 is 10.1 Å². The summed E-state index contributed by atoms with van der Waals surface area (Å²) in [5.74, 6) is -1.90. The van der Waals surface area contributed by atoms with Gasteiger partial charge in [-0.15, -0.1) is 0 Å². The van der Waals surface area contributed by atoms with Gasteiger partial charge in [0.1, 0.15) is 5.82 Å². The molecule has 3 aromatic carbocycles. The number of carbonyl (C=O) groups excluding carboxylic acids is 2. The molecular formula is C24H23FN2O5S. The SMILES string of the molecule is Cc1ccc(S(=O)(=O)Nc2cccc(C(=O)OC(C)C(=O)NCc3ccccc3)c2)cc1F. The number of nitrogens with one attached hydrogen (secondary N) is 2. The molecule has 3 rings (SSSR count). The Kier molecular flexibility index (Phi) is 7.44. The standard InChI is InChI=1S/C24H23FN2O5S/c1-16-11-12-21(14-22(16)25)33(30,31)27-20-10-6-9-19(13-20)24(29)32-17(2)23(28)26-15-18-7-4-3-5-8-18/h3-14,17,27H,15H2,1-2H3,(H,26,28). The molecule has 172 valence electrons. The van der Waals surface area contributed by atoms with Crippen molar-refractivity contribution in [3.05, 3.63) is 95.3 Å². The summed E-state index contributed by atoms with van der Waals surface area (Å²) in [6.45, 7) is 3.26. The van der Waals surface area contributed by atoms with Crippen LogP contribution in [-0.2, 0) is 26.1 Å². The summed E-state index contributed by atoms with van der Waals surface area (Å²) in [5.41, 5.74) is 1.36. The fraction of sp³-hybridized carbons (Fsp3) is 0.167. The van der Waals surface area contributed by atoms with Crippen LogP contribution in [0.4, 0.5) is 10.1 Å². The van der Waals surface area contributed by atoms with E-state index in [0.717, 1.165) is 11.6 Å². The van der Waals surface area contributed by atoms with Crippen molar-refractivity contribution < 1.29 is 27.1 Å². The predicted molar refractivity (Wildman–Crippen MR) is 122 cm³/mol. The highest BCUT2D eigenvalue weighted by Gasteiger charge is 2.20. The van der Waals surface area contributed by atoms with Gasteiger partial charge in [0.15, 0.2) is 6.10 Å². The van der Waals surface area contributed by atoms with E-state index in [9.17, 15) is 22.4 Å². The maximum Gasteiger partial charge on any atom is 0.338 e. The van der Waals surface area contributed by atoms with E-state index in [2.05, 4.69) is 10.0 Å². The fourth-order valence-corrected chi connectivity index (χ4v) is 3.94. The minimum Gasteiger partial charge on any atom is -0.449 e. The summed E-state index contributed by atoms with van der Waals surface area (Å²) in [5, 5.41) is 2.69. The Labute approximate surface area is 191 Å². The smallest absolute Gasteiger partial charge is 0.338 e. The summed E-state index contributed by atoms with van der Waals surface area (Å²) in [4.78, 5) is 24.5. The van der Waals surface area contributed by atoms with Crippen molar-refractivity contribution in [3.8, 4) is 0 Å². The second-order valence-corrected chi connectivity index (χ2v) is 9.03. The number of hydrogen-bond donors (Lipinski definition) is 2. The Hall–Kier alpha value is -3.72. The molecular weight excluding hydrogens is 447 g/mol. The number of anilines is 1. The summed E-state index contributed by atoms with van der Waals surface area (Å²) in [7, 11) is -4.07. The first-order chi connectivity index (χ1) is 15.7. The molecule has 0 saturated heterocycles. The number of halogens is 1. The molecule has 0 spiro atoms. The third kappa shape index (κ3) is 6.39. The number of aryl methyl sites for hydroxylation is 1. The number of carbonyl (C=O) groups is 2. The Morgan fingerprint density at radius 1 is 1.00 bits per heavy atom. The van der Waals surface area contributed by atoms with Gasteiger partial charge >= 0.3 is 5.97 Å². The molecule has 1 amide bonds. The minimum atomic E-state index is -4.07. The van der Waals surface area contributed by atoms with E-state index in [1.165, 1.54) is 50.2 Å².